The zero-order chi connectivity index (χ0) is 20.5. The van der Waals surface area contributed by atoms with Crippen LogP contribution in [0, 0.1) is 0 Å². The number of nitrogens with zero attached hydrogens (tertiary/aromatic N) is 2. The summed E-state index contributed by atoms with van der Waals surface area (Å²) in [7, 11) is 1.71. The first-order valence-corrected chi connectivity index (χ1v) is 9.62. The summed E-state index contributed by atoms with van der Waals surface area (Å²) in [5, 5.41) is 5.66. The minimum atomic E-state index is -0.264. The van der Waals surface area contributed by atoms with Gasteiger partial charge in [0, 0.05) is 38.4 Å². The smallest absolute Gasteiger partial charge is 0.319 e. The van der Waals surface area contributed by atoms with Crippen molar-refractivity contribution in [3.05, 3.63) is 59.7 Å². The second-order valence-corrected chi connectivity index (χ2v) is 6.71. The third-order valence-electron chi connectivity index (χ3n) is 4.76. The van der Waals surface area contributed by atoms with E-state index in [0.29, 0.717) is 12.2 Å². The topological polar surface area (TPSA) is 64.7 Å². The molecule has 0 fully saturated rings. The molecule has 6 nitrogen and oxygen atoms in total. The summed E-state index contributed by atoms with van der Waals surface area (Å²) in [4.78, 5) is 27.4. The highest BCUT2D eigenvalue weighted by Gasteiger charge is 2.07. The third kappa shape index (κ3) is 6.39. The van der Waals surface area contributed by atoms with Crippen molar-refractivity contribution in [3.63, 3.8) is 0 Å². The van der Waals surface area contributed by atoms with E-state index in [-0.39, 0.29) is 11.9 Å². The van der Waals surface area contributed by atoms with Gasteiger partial charge in [-0.2, -0.15) is 0 Å². The highest BCUT2D eigenvalue weighted by atomic mass is 16.2. The molecule has 150 valence electrons. The minimum Gasteiger partial charge on any atom is -0.334 e. The number of anilines is 2. The molecule has 2 aromatic rings. The number of rotatable bonds is 8. The van der Waals surface area contributed by atoms with Crippen LogP contribution in [0.2, 0.25) is 0 Å². The fourth-order valence-electron chi connectivity index (χ4n) is 2.78. The highest BCUT2D eigenvalue weighted by molar-refractivity contribution is 5.92. The summed E-state index contributed by atoms with van der Waals surface area (Å²) < 4.78 is 0. The summed E-state index contributed by atoms with van der Waals surface area (Å²) in [5.41, 5.74) is 3.78. The van der Waals surface area contributed by atoms with Crippen molar-refractivity contribution < 1.29 is 9.59 Å². The SMILES string of the molecule is CCN(CC)Cc1ccc(CNC(=O)Nc2ccc(N(C)C(C)=O)cc2)cc1. The van der Waals surface area contributed by atoms with Crippen LogP contribution in [0.3, 0.4) is 0 Å². The third-order valence-corrected chi connectivity index (χ3v) is 4.76. The summed E-state index contributed by atoms with van der Waals surface area (Å²) in [6.45, 7) is 9.30. The molecule has 0 heterocycles. The van der Waals surface area contributed by atoms with Gasteiger partial charge < -0.3 is 15.5 Å². The molecule has 0 atom stereocenters. The highest BCUT2D eigenvalue weighted by Crippen LogP contribution is 2.17. The first-order valence-electron chi connectivity index (χ1n) is 9.62. The van der Waals surface area contributed by atoms with Crippen molar-refractivity contribution >= 4 is 23.3 Å². The van der Waals surface area contributed by atoms with E-state index in [1.54, 1.807) is 36.2 Å². The Bertz CT molecular complexity index is 768. The molecule has 0 unspecified atom stereocenters. The maximum Gasteiger partial charge on any atom is 0.319 e. The van der Waals surface area contributed by atoms with Gasteiger partial charge in [-0.05, 0) is 48.5 Å². The average molecular weight is 383 g/mol. The van der Waals surface area contributed by atoms with E-state index in [9.17, 15) is 9.59 Å². The molecule has 3 amide bonds. The molecule has 0 radical (unpaired) electrons. The fraction of sp³-hybridized carbons (Fsp3) is 0.364. The van der Waals surface area contributed by atoms with Crippen LogP contribution in [0.15, 0.2) is 48.5 Å². The van der Waals surface area contributed by atoms with Gasteiger partial charge in [-0.25, -0.2) is 4.79 Å². The lowest BCUT2D eigenvalue weighted by Gasteiger charge is -2.18. The summed E-state index contributed by atoms with van der Waals surface area (Å²) >= 11 is 0. The summed E-state index contributed by atoms with van der Waals surface area (Å²) in [5.74, 6) is -0.0402. The standard InChI is InChI=1S/C22H30N4O2/c1-5-26(6-2)16-19-9-7-18(8-10-19)15-23-22(28)24-20-11-13-21(14-12-20)25(4)17(3)27/h7-14H,5-6,15-16H2,1-4H3,(H2,23,24,28). The molecule has 0 saturated heterocycles. The minimum absolute atomic E-state index is 0.0402. The van der Waals surface area contributed by atoms with Gasteiger partial charge in [0.05, 0.1) is 0 Å². The second kappa shape index (κ2) is 10.5. The largest absolute Gasteiger partial charge is 0.334 e. The van der Waals surface area contributed by atoms with Gasteiger partial charge in [0.1, 0.15) is 0 Å². The molecule has 0 bridgehead atoms. The zero-order valence-corrected chi connectivity index (χ0v) is 17.2. The molecule has 0 aliphatic rings. The molecular weight excluding hydrogens is 352 g/mol. The maximum absolute atomic E-state index is 12.1. The van der Waals surface area contributed by atoms with Gasteiger partial charge in [0.15, 0.2) is 0 Å². The number of hydrogen-bond acceptors (Lipinski definition) is 3. The molecule has 28 heavy (non-hydrogen) atoms. The molecule has 0 saturated carbocycles. The normalized spacial score (nSPS) is 10.6. The maximum atomic E-state index is 12.1. The number of benzene rings is 2. The van der Waals surface area contributed by atoms with E-state index in [2.05, 4.69) is 41.5 Å². The Hall–Kier alpha value is -2.86. The molecule has 0 aliphatic heterocycles. The van der Waals surface area contributed by atoms with Gasteiger partial charge in [-0.15, -0.1) is 0 Å². The number of amides is 3. The molecule has 0 aliphatic carbocycles. The quantitative estimate of drug-likeness (QED) is 0.729. The van der Waals surface area contributed by atoms with E-state index in [0.717, 1.165) is 30.9 Å². The van der Waals surface area contributed by atoms with Crippen molar-refractivity contribution in [3.8, 4) is 0 Å². The van der Waals surface area contributed by atoms with Crippen LogP contribution in [-0.4, -0.2) is 37.0 Å². The monoisotopic (exact) mass is 382 g/mol. The van der Waals surface area contributed by atoms with Crippen LogP contribution in [0.4, 0.5) is 16.2 Å². The van der Waals surface area contributed by atoms with Crippen molar-refractivity contribution in [1.29, 1.82) is 0 Å². The lowest BCUT2D eigenvalue weighted by Crippen LogP contribution is -2.28. The Kier molecular flexibility index (Phi) is 8.02. The Labute approximate surface area is 167 Å². The summed E-state index contributed by atoms with van der Waals surface area (Å²) in [6, 6.07) is 15.2. The van der Waals surface area contributed by atoms with E-state index in [1.165, 1.54) is 12.5 Å². The van der Waals surface area contributed by atoms with Crippen LogP contribution in [0.1, 0.15) is 31.9 Å². The number of carbonyl (C=O) groups is 2. The number of carbonyl (C=O) groups excluding carboxylic acids is 2. The number of nitrogens with one attached hydrogen (secondary N) is 2. The first-order chi connectivity index (χ1) is 13.4. The van der Waals surface area contributed by atoms with Crippen LogP contribution in [0.5, 0.6) is 0 Å². The van der Waals surface area contributed by atoms with Crippen molar-refractivity contribution in [2.45, 2.75) is 33.9 Å². The molecule has 6 heteroatoms. The molecule has 2 rings (SSSR count). The average Bonchev–Trinajstić information content (AvgIpc) is 2.71. The fourth-order valence-corrected chi connectivity index (χ4v) is 2.78. The van der Waals surface area contributed by atoms with Crippen molar-refractivity contribution in [1.82, 2.24) is 10.2 Å². The van der Waals surface area contributed by atoms with Crippen LogP contribution < -0.4 is 15.5 Å². The van der Waals surface area contributed by atoms with Crippen LogP contribution >= 0.6 is 0 Å². The zero-order valence-electron chi connectivity index (χ0n) is 17.2. The molecule has 0 aromatic heterocycles. The van der Waals surface area contributed by atoms with E-state index < -0.39 is 0 Å². The van der Waals surface area contributed by atoms with Gasteiger partial charge in [0.25, 0.3) is 0 Å². The first kappa shape index (κ1) is 21.4. The van der Waals surface area contributed by atoms with Gasteiger partial charge in [0.2, 0.25) is 5.91 Å². The lowest BCUT2D eigenvalue weighted by molar-refractivity contribution is -0.116. The number of hydrogen-bond donors (Lipinski definition) is 2. The van der Waals surface area contributed by atoms with E-state index in [1.807, 2.05) is 12.1 Å². The van der Waals surface area contributed by atoms with Crippen LogP contribution in [-0.2, 0) is 17.9 Å². The van der Waals surface area contributed by atoms with E-state index in [4.69, 9.17) is 0 Å². The molecule has 2 aromatic carbocycles. The second-order valence-electron chi connectivity index (χ2n) is 6.71. The van der Waals surface area contributed by atoms with Gasteiger partial charge in [-0.3, -0.25) is 9.69 Å². The molecule has 2 N–H and O–H groups in total. The Morgan fingerprint density at radius 2 is 1.46 bits per heavy atom. The van der Waals surface area contributed by atoms with Gasteiger partial charge >= 0.3 is 6.03 Å². The Balaban J connectivity index is 1.83. The molecular formula is C22H30N4O2. The lowest BCUT2D eigenvalue weighted by atomic mass is 10.1. The summed E-state index contributed by atoms with van der Waals surface area (Å²) in [6.07, 6.45) is 0. The van der Waals surface area contributed by atoms with Crippen LogP contribution in [0.25, 0.3) is 0 Å². The van der Waals surface area contributed by atoms with Crippen molar-refractivity contribution in [2.24, 2.45) is 0 Å². The predicted octanol–water partition coefficient (Wildman–Crippen LogP) is 3.83. The molecule has 0 spiro atoms. The Morgan fingerprint density at radius 3 is 2.00 bits per heavy atom. The van der Waals surface area contributed by atoms with Gasteiger partial charge in [-0.1, -0.05) is 38.1 Å². The predicted molar refractivity (Wildman–Crippen MR) is 114 cm³/mol. The van der Waals surface area contributed by atoms with E-state index >= 15 is 0 Å². The Morgan fingerprint density at radius 1 is 0.893 bits per heavy atom. The van der Waals surface area contributed by atoms with Crippen molar-refractivity contribution in [2.75, 3.05) is 30.4 Å². The number of urea groups is 1.